The van der Waals surface area contributed by atoms with Gasteiger partial charge in [-0.2, -0.15) is 0 Å². The van der Waals surface area contributed by atoms with E-state index in [0.717, 1.165) is 0 Å². The average Bonchev–Trinajstić information content (AvgIpc) is 2.10. The number of hydrogen-bond acceptors (Lipinski definition) is 6. The molecule has 0 spiro atoms. The van der Waals surface area contributed by atoms with E-state index in [9.17, 15) is 9.36 Å². The highest BCUT2D eigenvalue weighted by Crippen LogP contribution is 2.35. The highest BCUT2D eigenvalue weighted by molar-refractivity contribution is 7.46. The van der Waals surface area contributed by atoms with Crippen LogP contribution in [0.15, 0.2) is 0 Å². The lowest BCUT2D eigenvalue weighted by molar-refractivity contribution is -0.133. The number of nitrogens with two attached hydrogens (primary N) is 1. The Hall–Kier alpha value is -0.540. The first-order chi connectivity index (χ1) is 6.28. The van der Waals surface area contributed by atoms with E-state index in [4.69, 9.17) is 25.8 Å². The zero-order valence-electron chi connectivity index (χ0n) is 6.90. The average molecular weight is 230 g/mol. The quantitative estimate of drug-likeness (QED) is 0.168. The molecule has 0 aromatic rings. The fraction of sp³-hybridized carbons (Fsp3) is 0.750. The van der Waals surface area contributed by atoms with Crippen LogP contribution in [0, 0.1) is 0 Å². The molecule has 1 amide bonds. The van der Waals surface area contributed by atoms with Gasteiger partial charge in [0.05, 0.1) is 6.61 Å². The van der Waals surface area contributed by atoms with Crippen LogP contribution in [0.25, 0.3) is 0 Å². The molecule has 0 aromatic carbocycles. The maximum Gasteiger partial charge on any atom is 0.469 e. The molecule has 0 bridgehead atoms. The van der Waals surface area contributed by atoms with Crippen molar-refractivity contribution in [1.82, 2.24) is 5.48 Å². The van der Waals surface area contributed by atoms with Gasteiger partial charge in [-0.15, -0.1) is 0 Å². The Morgan fingerprint density at radius 2 is 2.07 bits per heavy atom. The van der Waals surface area contributed by atoms with E-state index in [1.807, 2.05) is 0 Å². The molecule has 0 rings (SSSR count). The molecule has 0 fully saturated rings. The van der Waals surface area contributed by atoms with Crippen molar-refractivity contribution in [3.63, 3.8) is 0 Å². The van der Waals surface area contributed by atoms with E-state index in [1.54, 1.807) is 0 Å². The zero-order chi connectivity index (χ0) is 11.4. The lowest BCUT2D eigenvalue weighted by atomic mass is 10.2. The van der Waals surface area contributed by atoms with Gasteiger partial charge in [-0.1, -0.05) is 0 Å². The van der Waals surface area contributed by atoms with Gasteiger partial charge in [-0.05, 0) is 0 Å². The summed E-state index contributed by atoms with van der Waals surface area (Å²) in [5.74, 6) is -1.09. The van der Waals surface area contributed by atoms with E-state index >= 15 is 0 Å². The molecule has 2 atom stereocenters. The minimum absolute atomic E-state index is 0.821. The number of carbonyl (C=O) groups is 1. The Kier molecular flexibility index (Phi) is 5.16. The summed E-state index contributed by atoms with van der Waals surface area (Å²) in [6.45, 7) is -0.821. The van der Waals surface area contributed by atoms with Gasteiger partial charge < -0.3 is 20.6 Å². The van der Waals surface area contributed by atoms with Crippen molar-refractivity contribution in [2.75, 3.05) is 6.61 Å². The van der Waals surface area contributed by atoms with Crippen LogP contribution in [-0.4, -0.2) is 44.8 Å². The first-order valence-corrected chi connectivity index (χ1v) is 4.88. The molecule has 0 saturated heterocycles. The van der Waals surface area contributed by atoms with Crippen LogP contribution in [0.5, 0.6) is 0 Å². The van der Waals surface area contributed by atoms with Crippen molar-refractivity contribution < 1.29 is 34.0 Å². The minimum Gasteiger partial charge on any atom is -0.389 e. The number of phosphoric ester groups is 1. The van der Waals surface area contributed by atoms with Gasteiger partial charge in [0.15, 0.2) is 0 Å². The number of hydroxylamine groups is 1. The van der Waals surface area contributed by atoms with Crippen molar-refractivity contribution in [2.24, 2.45) is 5.73 Å². The first kappa shape index (κ1) is 13.5. The summed E-state index contributed by atoms with van der Waals surface area (Å²) < 4.78 is 14.0. The van der Waals surface area contributed by atoms with Gasteiger partial charge in [-0.3, -0.25) is 14.5 Å². The minimum atomic E-state index is -4.71. The maximum absolute atomic E-state index is 10.6. The molecule has 0 saturated carbocycles. The molecule has 7 N–H and O–H groups in total. The van der Waals surface area contributed by atoms with E-state index in [-0.39, 0.29) is 0 Å². The lowest BCUT2D eigenvalue weighted by Gasteiger charge is -2.16. The third-order valence-corrected chi connectivity index (χ3v) is 1.73. The second-order valence-electron chi connectivity index (χ2n) is 2.36. The summed E-state index contributed by atoms with van der Waals surface area (Å²) in [5, 5.41) is 17.1. The molecule has 14 heavy (non-hydrogen) atoms. The predicted octanol–water partition coefficient (Wildman–Crippen LogP) is -2.71. The number of aliphatic hydroxyl groups is 1. The molecule has 0 unspecified atom stereocenters. The fourth-order valence-corrected chi connectivity index (χ4v) is 0.873. The third-order valence-electron chi connectivity index (χ3n) is 1.24. The Labute approximate surface area is 78.7 Å². The normalized spacial score (nSPS) is 16.1. The van der Waals surface area contributed by atoms with Crippen molar-refractivity contribution in [1.29, 1.82) is 0 Å². The topological polar surface area (TPSA) is 162 Å². The molecule has 0 aromatic heterocycles. The van der Waals surface area contributed by atoms with Crippen LogP contribution >= 0.6 is 7.82 Å². The van der Waals surface area contributed by atoms with Crippen LogP contribution in [0.1, 0.15) is 0 Å². The van der Waals surface area contributed by atoms with Gasteiger partial charge in [0.2, 0.25) is 0 Å². The smallest absolute Gasteiger partial charge is 0.389 e. The number of phosphoric acid groups is 1. The van der Waals surface area contributed by atoms with Gasteiger partial charge >= 0.3 is 7.82 Å². The number of rotatable bonds is 5. The van der Waals surface area contributed by atoms with Crippen molar-refractivity contribution in [3.05, 3.63) is 0 Å². The van der Waals surface area contributed by atoms with E-state index < -0.39 is 32.5 Å². The van der Waals surface area contributed by atoms with Crippen molar-refractivity contribution in [2.45, 2.75) is 12.1 Å². The molecule has 84 valence electrons. The summed E-state index contributed by atoms with van der Waals surface area (Å²) in [6, 6.07) is -1.54. The molecule has 0 heterocycles. The monoisotopic (exact) mass is 230 g/mol. The number of nitrogens with one attached hydrogen (secondary N) is 1. The predicted molar refractivity (Wildman–Crippen MR) is 41.9 cm³/mol. The Balaban J connectivity index is 4.02. The Bertz CT molecular complexity index is 240. The fourth-order valence-electron chi connectivity index (χ4n) is 0.526. The summed E-state index contributed by atoms with van der Waals surface area (Å²) in [5.41, 5.74) is 6.21. The molecular formula is C4H11N2O7P. The lowest BCUT2D eigenvalue weighted by Crippen LogP contribution is -2.49. The van der Waals surface area contributed by atoms with E-state index in [0.29, 0.717) is 0 Å². The summed E-state index contributed by atoms with van der Waals surface area (Å²) >= 11 is 0. The number of aliphatic hydroxyl groups excluding tert-OH is 1. The zero-order valence-corrected chi connectivity index (χ0v) is 7.79. The van der Waals surface area contributed by atoms with Crippen LogP contribution < -0.4 is 11.2 Å². The van der Waals surface area contributed by atoms with Crippen LogP contribution in [0.2, 0.25) is 0 Å². The number of hydrogen-bond donors (Lipinski definition) is 6. The molecule has 0 radical (unpaired) electrons. The first-order valence-electron chi connectivity index (χ1n) is 3.35. The van der Waals surface area contributed by atoms with Gasteiger partial charge in [0.25, 0.3) is 5.91 Å². The molecule has 9 nitrogen and oxygen atoms in total. The SMILES string of the molecule is N[C@H](C(=O)NO)[C@H](O)COP(=O)(O)O. The standard InChI is InChI=1S/C4H11N2O7P/c5-3(4(8)6-9)2(7)1-13-14(10,11)12/h2-3,7,9H,1,5H2,(H,6,8)(H2,10,11,12)/t2-,3+/m1/s1. The summed E-state index contributed by atoms with van der Waals surface area (Å²) in [6.07, 6.45) is -1.63. The molecule has 0 aliphatic heterocycles. The van der Waals surface area contributed by atoms with Gasteiger partial charge in [0, 0.05) is 0 Å². The molecule has 10 heteroatoms. The van der Waals surface area contributed by atoms with E-state index in [2.05, 4.69) is 4.52 Å². The number of carbonyl (C=O) groups excluding carboxylic acids is 1. The summed E-state index contributed by atoms with van der Waals surface area (Å²) in [7, 11) is -4.71. The molecular weight excluding hydrogens is 219 g/mol. The van der Waals surface area contributed by atoms with Crippen molar-refractivity contribution >= 4 is 13.7 Å². The maximum atomic E-state index is 10.6. The largest absolute Gasteiger partial charge is 0.469 e. The second kappa shape index (κ2) is 5.37. The Morgan fingerprint density at radius 3 is 2.43 bits per heavy atom. The van der Waals surface area contributed by atoms with Gasteiger partial charge in [-0.25, -0.2) is 10.0 Å². The molecule has 0 aliphatic carbocycles. The Morgan fingerprint density at radius 1 is 1.57 bits per heavy atom. The summed E-state index contributed by atoms with van der Waals surface area (Å²) in [4.78, 5) is 27.0. The third kappa shape index (κ3) is 5.25. The van der Waals surface area contributed by atoms with Crippen LogP contribution in [0.3, 0.4) is 0 Å². The van der Waals surface area contributed by atoms with Gasteiger partial charge in [0.1, 0.15) is 12.1 Å². The van der Waals surface area contributed by atoms with Crippen molar-refractivity contribution in [3.8, 4) is 0 Å². The number of amides is 1. The molecule has 0 aliphatic rings. The van der Waals surface area contributed by atoms with Crippen LogP contribution in [-0.2, 0) is 13.9 Å². The second-order valence-corrected chi connectivity index (χ2v) is 3.59. The highest BCUT2D eigenvalue weighted by Gasteiger charge is 2.25. The van der Waals surface area contributed by atoms with Crippen LogP contribution in [0.4, 0.5) is 0 Å². The highest BCUT2D eigenvalue weighted by atomic mass is 31.2. The van der Waals surface area contributed by atoms with E-state index in [1.165, 1.54) is 5.48 Å².